The Balaban J connectivity index is 1.72. The average molecular weight is 299 g/mol. The number of carbonyl (C=O) groups is 1. The van der Waals surface area contributed by atoms with Crippen LogP contribution in [0.1, 0.15) is 30.1 Å². The standard InChI is InChI=1S/C16H21N5O/c1-12(17)14-3-2-8-20(9-14)16(22)13-4-6-15(7-5-13)21-10-18-19-11-21/h4-7,10-12,14H,2-3,8-9,17H2,1H3. The number of hydrogen-bond acceptors (Lipinski definition) is 4. The molecule has 2 atom stereocenters. The number of likely N-dealkylation sites (tertiary alicyclic amines) is 1. The van der Waals surface area contributed by atoms with Crippen LogP contribution in [0.2, 0.25) is 0 Å². The molecule has 1 fully saturated rings. The molecule has 6 nitrogen and oxygen atoms in total. The number of hydrogen-bond donors (Lipinski definition) is 1. The second-order valence-electron chi connectivity index (χ2n) is 5.93. The van der Waals surface area contributed by atoms with Gasteiger partial charge in [0, 0.05) is 30.4 Å². The lowest BCUT2D eigenvalue weighted by Crippen LogP contribution is -2.45. The highest BCUT2D eigenvalue weighted by Crippen LogP contribution is 2.21. The molecule has 1 saturated heterocycles. The first-order chi connectivity index (χ1) is 10.6. The zero-order valence-electron chi connectivity index (χ0n) is 12.7. The van der Waals surface area contributed by atoms with Crippen molar-refractivity contribution < 1.29 is 4.79 Å². The van der Waals surface area contributed by atoms with Gasteiger partial charge in [-0.2, -0.15) is 0 Å². The van der Waals surface area contributed by atoms with E-state index in [0.717, 1.165) is 31.6 Å². The molecular formula is C16H21N5O. The Labute approximate surface area is 129 Å². The molecule has 0 aliphatic carbocycles. The zero-order valence-corrected chi connectivity index (χ0v) is 12.7. The number of nitrogens with two attached hydrogens (primary N) is 1. The third-order valence-electron chi connectivity index (χ3n) is 4.32. The maximum atomic E-state index is 12.6. The van der Waals surface area contributed by atoms with Gasteiger partial charge in [-0.25, -0.2) is 0 Å². The largest absolute Gasteiger partial charge is 0.338 e. The fourth-order valence-corrected chi connectivity index (χ4v) is 2.92. The highest BCUT2D eigenvalue weighted by Gasteiger charge is 2.26. The summed E-state index contributed by atoms with van der Waals surface area (Å²) in [7, 11) is 0. The molecule has 2 N–H and O–H groups in total. The lowest BCUT2D eigenvalue weighted by molar-refractivity contribution is 0.0661. The molecular weight excluding hydrogens is 278 g/mol. The Morgan fingerprint density at radius 1 is 1.27 bits per heavy atom. The van der Waals surface area contributed by atoms with Crippen LogP contribution in [0.15, 0.2) is 36.9 Å². The maximum absolute atomic E-state index is 12.6. The predicted octanol–water partition coefficient (Wildman–Crippen LogP) is 1.47. The number of benzene rings is 1. The van der Waals surface area contributed by atoms with Crippen LogP contribution in [-0.2, 0) is 0 Å². The molecule has 0 saturated carbocycles. The maximum Gasteiger partial charge on any atom is 0.253 e. The summed E-state index contributed by atoms with van der Waals surface area (Å²) < 4.78 is 1.81. The SMILES string of the molecule is CC(N)C1CCCN(C(=O)c2ccc(-n3cnnc3)cc2)C1. The van der Waals surface area contributed by atoms with Gasteiger partial charge in [-0.3, -0.25) is 9.36 Å². The zero-order chi connectivity index (χ0) is 15.5. The molecule has 0 spiro atoms. The summed E-state index contributed by atoms with van der Waals surface area (Å²) in [6.07, 6.45) is 5.40. The Kier molecular flexibility index (Phi) is 4.20. The third-order valence-corrected chi connectivity index (χ3v) is 4.32. The first-order valence-electron chi connectivity index (χ1n) is 7.65. The van der Waals surface area contributed by atoms with Crippen LogP contribution in [0, 0.1) is 5.92 Å². The molecule has 1 amide bonds. The van der Waals surface area contributed by atoms with Crippen LogP contribution in [0.4, 0.5) is 0 Å². The second-order valence-corrected chi connectivity index (χ2v) is 5.93. The summed E-state index contributed by atoms with van der Waals surface area (Å²) in [5.41, 5.74) is 7.64. The topological polar surface area (TPSA) is 77.0 Å². The minimum Gasteiger partial charge on any atom is -0.338 e. The molecule has 3 rings (SSSR count). The third kappa shape index (κ3) is 3.01. The Morgan fingerprint density at radius 3 is 2.59 bits per heavy atom. The van der Waals surface area contributed by atoms with Crippen molar-refractivity contribution in [3.8, 4) is 5.69 Å². The quantitative estimate of drug-likeness (QED) is 0.931. The van der Waals surface area contributed by atoms with Crippen LogP contribution in [0.3, 0.4) is 0 Å². The van der Waals surface area contributed by atoms with Gasteiger partial charge in [0.1, 0.15) is 12.7 Å². The molecule has 1 aromatic heterocycles. The number of carbonyl (C=O) groups excluding carboxylic acids is 1. The van der Waals surface area contributed by atoms with Crippen molar-refractivity contribution in [3.63, 3.8) is 0 Å². The van der Waals surface area contributed by atoms with E-state index in [1.54, 1.807) is 17.2 Å². The van der Waals surface area contributed by atoms with Crippen molar-refractivity contribution in [1.82, 2.24) is 19.7 Å². The van der Waals surface area contributed by atoms with Gasteiger partial charge in [0.05, 0.1) is 0 Å². The van der Waals surface area contributed by atoms with Crippen molar-refractivity contribution in [1.29, 1.82) is 0 Å². The van der Waals surface area contributed by atoms with Gasteiger partial charge in [-0.1, -0.05) is 0 Å². The number of nitrogens with zero attached hydrogens (tertiary/aromatic N) is 4. The smallest absolute Gasteiger partial charge is 0.253 e. The number of aromatic nitrogens is 3. The van der Waals surface area contributed by atoms with Gasteiger partial charge in [0.25, 0.3) is 5.91 Å². The fraction of sp³-hybridized carbons (Fsp3) is 0.438. The minimum absolute atomic E-state index is 0.0839. The fourth-order valence-electron chi connectivity index (χ4n) is 2.92. The summed E-state index contributed by atoms with van der Waals surface area (Å²) >= 11 is 0. The monoisotopic (exact) mass is 299 g/mol. The Hall–Kier alpha value is -2.21. The molecule has 1 aliphatic heterocycles. The molecule has 2 aromatic rings. The van der Waals surface area contributed by atoms with Crippen LogP contribution in [0.25, 0.3) is 5.69 Å². The van der Waals surface area contributed by atoms with E-state index in [1.807, 2.05) is 36.1 Å². The number of piperidine rings is 1. The van der Waals surface area contributed by atoms with Crippen LogP contribution >= 0.6 is 0 Å². The van der Waals surface area contributed by atoms with Crippen molar-refractivity contribution in [2.75, 3.05) is 13.1 Å². The summed E-state index contributed by atoms with van der Waals surface area (Å²) in [4.78, 5) is 14.5. The normalized spacial score (nSPS) is 19.9. The van der Waals surface area contributed by atoms with E-state index in [1.165, 1.54) is 0 Å². The van der Waals surface area contributed by atoms with Crippen LogP contribution < -0.4 is 5.73 Å². The lowest BCUT2D eigenvalue weighted by atomic mass is 9.92. The van der Waals surface area contributed by atoms with Gasteiger partial charge in [-0.15, -0.1) is 10.2 Å². The molecule has 1 aromatic carbocycles. The van der Waals surface area contributed by atoms with Gasteiger partial charge < -0.3 is 10.6 Å². The van der Waals surface area contributed by atoms with Gasteiger partial charge >= 0.3 is 0 Å². The van der Waals surface area contributed by atoms with Crippen LogP contribution in [0.5, 0.6) is 0 Å². The molecule has 116 valence electrons. The van der Waals surface area contributed by atoms with E-state index < -0.39 is 0 Å². The van der Waals surface area contributed by atoms with Crippen molar-refractivity contribution >= 4 is 5.91 Å². The summed E-state index contributed by atoms with van der Waals surface area (Å²) in [5, 5.41) is 7.56. The first-order valence-corrected chi connectivity index (χ1v) is 7.65. The lowest BCUT2D eigenvalue weighted by Gasteiger charge is -2.34. The summed E-state index contributed by atoms with van der Waals surface area (Å²) in [6, 6.07) is 7.65. The Bertz CT molecular complexity index is 620. The molecule has 2 heterocycles. The van der Waals surface area contributed by atoms with E-state index in [2.05, 4.69) is 10.2 Å². The minimum atomic E-state index is 0.0839. The van der Waals surface area contributed by atoms with E-state index >= 15 is 0 Å². The molecule has 0 bridgehead atoms. The molecule has 22 heavy (non-hydrogen) atoms. The predicted molar refractivity (Wildman–Crippen MR) is 83.6 cm³/mol. The highest BCUT2D eigenvalue weighted by molar-refractivity contribution is 5.94. The van der Waals surface area contributed by atoms with E-state index in [4.69, 9.17) is 5.73 Å². The van der Waals surface area contributed by atoms with E-state index in [-0.39, 0.29) is 11.9 Å². The van der Waals surface area contributed by atoms with E-state index in [9.17, 15) is 4.79 Å². The number of rotatable bonds is 3. The van der Waals surface area contributed by atoms with E-state index in [0.29, 0.717) is 11.5 Å². The Morgan fingerprint density at radius 2 is 1.95 bits per heavy atom. The molecule has 2 unspecified atom stereocenters. The van der Waals surface area contributed by atoms with Gasteiger partial charge in [-0.05, 0) is 49.9 Å². The summed E-state index contributed by atoms with van der Waals surface area (Å²) in [6.45, 7) is 3.59. The molecule has 0 radical (unpaired) electrons. The van der Waals surface area contributed by atoms with Gasteiger partial charge in [0.2, 0.25) is 0 Å². The average Bonchev–Trinajstić information content (AvgIpc) is 3.09. The molecule has 1 aliphatic rings. The van der Waals surface area contributed by atoms with Crippen molar-refractivity contribution in [2.45, 2.75) is 25.8 Å². The summed E-state index contributed by atoms with van der Waals surface area (Å²) in [5.74, 6) is 0.481. The first kappa shape index (κ1) is 14.7. The van der Waals surface area contributed by atoms with Crippen molar-refractivity contribution in [2.24, 2.45) is 11.7 Å². The van der Waals surface area contributed by atoms with Crippen molar-refractivity contribution in [3.05, 3.63) is 42.5 Å². The van der Waals surface area contributed by atoms with Crippen LogP contribution in [-0.4, -0.2) is 44.7 Å². The highest BCUT2D eigenvalue weighted by atomic mass is 16.2. The second kappa shape index (κ2) is 6.27. The van der Waals surface area contributed by atoms with Gasteiger partial charge in [0.15, 0.2) is 0 Å². The number of amides is 1. The molecule has 6 heteroatoms.